The molecular weight excluding hydrogens is 338 g/mol. The summed E-state index contributed by atoms with van der Waals surface area (Å²) >= 11 is 6.02. The Morgan fingerprint density at radius 3 is 2.56 bits per heavy atom. The number of nitriles is 1. The van der Waals surface area contributed by atoms with Gasteiger partial charge in [0.1, 0.15) is 0 Å². The number of hydrogen-bond donors (Lipinski definition) is 2. The van der Waals surface area contributed by atoms with E-state index in [1.807, 2.05) is 0 Å². The Morgan fingerprint density at radius 2 is 1.84 bits per heavy atom. The fourth-order valence-corrected chi connectivity index (χ4v) is 2.25. The van der Waals surface area contributed by atoms with Gasteiger partial charge in [-0.1, -0.05) is 29.8 Å². The molecule has 2 N–H and O–H groups in total. The smallest absolute Gasteiger partial charge is 0.258 e. The van der Waals surface area contributed by atoms with E-state index in [1.54, 1.807) is 48.5 Å². The second-order valence-corrected chi connectivity index (χ2v) is 5.45. The van der Waals surface area contributed by atoms with Crippen LogP contribution in [0.3, 0.4) is 0 Å². The highest BCUT2D eigenvalue weighted by Crippen LogP contribution is 2.21. The van der Waals surface area contributed by atoms with Crippen LogP contribution < -0.4 is 10.6 Å². The number of carbonyl (C=O) groups is 1. The van der Waals surface area contributed by atoms with Crippen molar-refractivity contribution >= 4 is 34.8 Å². The normalized spacial score (nSPS) is 9.92. The van der Waals surface area contributed by atoms with Crippen LogP contribution in [0.4, 0.5) is 17.3 Å². The highest BCUT2D eigenvalue weighted by atomic mass is 35.5. The van der Waals surface area contributed by atoms with Gasteiger partial charge in [0.05, 0.1) is 27.9 Å². The van der Waals surface area contributed by atoms with Gasteiger partial charge in [-0.15, -0.1) is 0 Å². The molecule has 1 heterocycles. The van der Waals surface area contributed by atoms with E-state index in [2.05, 4.69) is 26.7 Å². The van der Waals surface area contributed by atoms with Crippen LogP contribution in [0.15, 0.2) is 60.9 Å². The zero-order valence-corrected chi connectivity index (χ0v) is 13.7. The van der Waals surface area contributed by atoms with E-state index in [-0.39, 0.29) is 5.91 Å². The predicted molar refractivity (Wildman–Crippen MR) is 95.9 cm³/mol. The molecule has 0 spiro atoms. The molecule has 3 aromatic rings. The van der Waals surface area contributed by atoms with Gasteiger partial charge in [0.2, 0.25) is 5.95 Å². The van der Waals surface area contributed by atoms with Gasteiger partial charge in [-0.2, -0.15) is 5.26 Å². The minimum Gasteiger partial charge on any atom is -0.324 e. The van der Waals surface area contributed by atoms with Crippen molar-refractivity contribution in [2.24, 2.45) is 0 Å². The Balaban J connectivity index is 1.70. The van der Waals surface area contributed by atoms with E-state index in [4.69, 9.17) is 16.9 Å². The molecule has 0 radical (unpaired) electrons. The maximum absolute atomic E-state index is 12.2. The molecule has 25 heavy (non-hydrogen) atoms. The Labute approximate surface area is 149 Å². The van der Waals surface area contributed by atoms with Gasteiger partial charge in [-0.05, 0) is 30.3 Å². The molecule has 1 amide bonds. The monoisotopic (exact) mass is 349 g/mol. The summed E-state index contributed by atoms with van der Waals surface area (Å²) < 4.78 is 0. The second-order valence-electron chi connectivity index (χ2n) is 5.05. The van der Waals surface area contributed by atoms with Crippen molar-refractivity contribution in [3.8, 4) is 6.07 Å². The summed E-state index contributed by atoms with van der Waals surface area (Å²) in [6.45, 7) is 0. The number of hydrogen-bond acceptors (Lipinski definition) is 5. The molecule has 2 aromatic carbocycles. The number of anilines is 3. The number of aromatic nitrogens is 2. The molecule has 0 atom stereocenters. The quantitative estimate of drug-likeness (QED) is 0.743. The van der Waals surface area contributed by atoms with Crippen LogP contribution in [0, 0.1) is 11.3 Å². The summed E-state index contributed by atoms with van der Waals surface area (Å²) in [5, 5.41) is 15.0. The fourth-order valence-electron chi connectivity index (χ4n) is 2.06. The molecule has 0 aliphatic carbocycles. The second kappa shape index (κ2) is 7.43. The molecule has 7 heteroatoms. The van der Waals surface area contributed by atoms with Crippen molar-refractivity contribution in [1.82, 2.24) is 9.97 Å². The number of carbonyl (C=O) groups excluding carboxylic acids is 1. The zero-order valence-electron chi connectivity index (χ0n) is 12.9. The van der Waals surface area contributed by atoms with Gasteiger partial charge < -0.3 is 10.6 Å². The predicted octanol–water partition coefficient (Wildman–Crippen LogP) is 4.00. The van der Waals surface area contributed by atoms with Crippen LogP contribution in [-0.2, 0) is 0 Å². The summed E-state index contributed by atoms with van der Waals surface area (Å²) in [5.41, 5.74) is 2.04. The SMILES string of the molecule is N#Cc1cccc(Nc2ncc(C(=O)Nc3ccccc3Cl)cn2)c1. The van der Waals surface area contributed by atoms with Crippen molar-refractivity contribution in [1.29, 1.82) is 5.26 Å². The van der Waals surface area contributed by atoms with Gasteiger partial charge in [0.15, 0.2) is 0 Å². The number of benzene rings is 2. The molecule has 0 aliphatic heterocycles. The third kappa shape index (κ3) is 4.10. The molecule has 0 bridgehead atoms. The molecule has 6 nitrogen and oxygen atoms in total. The van der Waals surface area contributed by atoms with Crippen molar-refractivity contribution < 1.29 is 4.79 Å². The summed E-state index contributed by atoms with van der Waals surface area (Å²) in [4.78, 5) is 20.4. The Hall–Kier alpha value is -3.43. The molecule has 3 rings (SSSR count). The van der Waals surface area contributed by atoms with Crippen LogP contribution in [-0.4, -0.2) is 15.9 Å². The van der Waals surface area contributed by atoms with E-state index < -0.39 is 0 Å². The topological polar surface area (TPSA) is 90.7 Å². The van der Waals surface area contributed by atoms with Crippen molar-refractivity contribution in [2.75, 3.05) is 10.6 Å². The van der Waals surface area contributed by atoms with E-state index in [9.17, 15) is 4.79 Å². The average Bonchev–Trinajstić information content (AvgIpc) is 2.64. The van der Waals surface area contributed by atoms with Gasteiger partial charge in [-0.3, -0.25) is 4.79 Å². The van der Waals surface area contributed by atoms with Gasteiger partial charge in [0, 0.05) is 18.1 Å². The van der Waals surface area contributed by atoms with Gasteiger partial charge >= 0.3 is 0 Å². The third-order valence-corrected chi connectivity index (χ3v) is 3.61. The lowest BCUT2D eigenvalue weighted by atomic mass is 10.2. The molecule has 0 saturated carbocycles. The van der Waals surface area contributed by atoms with Crippen LogP contribution >= 0.6 is 11.6 Å². The highest BCUT2D eigenvalue weighted by molar-refractivity contribution is 6.33. The maximum Gasteiger partial charge on any atom is 0.258 e. The van der Waals surface area contributed by atoms with Crippen LogP contribution in [0.1, 0.15) is 15.9 Å². The lowest BCUT2D eigenvalue weighted by molar-refractivity contribution is 0.102. The summed E-state index contributed by atoms with van der Waals surface area (Å²) in [6, 6.07) is 16.0. The first-order chi connectivity index (χ1) is 12.2. The van der Waals surface area contributed by atoms with Gasteiger partial charge in [-0.25, -0.2) is 9.97 Å². The third-order valence-electron chi connectivity index (χ3n) is 3.28. The molecular formula is C18H12ClN5O. The van der Waals surface area contributed by atoms with Crippen molar-refractivity contribution in [3.05, 3.63) is 77.1 Å². The first kappa shape index (κ1) is 16.4. The Bertz CT molecular complexity index is 950. The first-order valence-electron chi connectivity index (χ1n) is 7.31. The van der Waals surface area contributed by atoms with Crippen molar-refractivity contribution in [2.45, 2.75) is 0 Å². The van der Waals surface area contributed by atoms with E-state index in [0.717, 1.165) is 0 Å². The van der Waals surface area contributed by atoms with E-state index >= 15 is 0 Å². The number of nitrogens with zero attached hydrogens (tertiary/aromatic N) is 3. The van der Waals surface area contributed by atoms with Crippen LogP contribution in [0.5, 0.6) is 0 Å². The summed E-state index contributed by atoms with van der Waals surface area (Å²) in [6.07, 6.45) is 2.82. The van der Waals surface area contributed by atoms with Gasteiger partial charge in [0.25, 0.3) is 5.91 Å². The average molecular weight is 350 g/mol. The fraction of sp³-hybridized carbons (Fsp3) is 0. The van der Waals surface area contributed by atoms with Crippen LogP contribution in [0.2, 0.25) is 5.02 Å². The number of halogens is 1. The summed E-state index contributed by atoms with van der Waals surface area (Å²) in [7, 11) is 0. The lowest BCUT2D eigenvalue weighted by Crippen LogP contribution is -2.13. The lowest BCUT2D eigenvalue weighted by Gasteiger charge is -2.08. The largest absolute Gasteiger partial charge is 0.324 e. The molecule has 0 aliphatic rings. The molecule has 1 aromatic heterocycles. The standard InChI is InChI=1S/C18H12ClN5O/c19-15-6-1-2-7-16(15)24-17(25)13-10-21-18(22-11-13)23-14-5-3-4-12(8-14)9-20/h1-8,10-11H,(H,24,25)(H,21,22,23). The molecule has 0 unspecified atom stereocenters. The number of nitrogens with one attached hydrogen (secondary N) is 2. The maximum atomic E-state index is 12.2. The van der Waals surface area contributed by atoms with Crippen LogP contribution in [0.25, 0.3) is 0 Å². The molecule has 0 fully saturated rings. The van der Waals surface area contributed by atoms with E-state index in [1.165, 1.54) is 12.4 Å². The highest BCUT2D eigenvalue weighted by Gasteiger charge is 2.09. The Morgan fingerprint density at radius 1 is 1.08 bits per heavy atom. The molecule has 0 saturated heterocycles. The Kier molecular flexibility index (Phi) is 4.88. The number of amides is 1. The zero-order chi connectivity index (χ0) is 17.6. The van der Waals surface area contributed by atoms with E-state index in [0.29, 0.717) is 33.5 Å². The minimum absolute atomic E-state index is 0.302. The van der Waals surface area contributed by atoms with Crippen molar-refractivity contribution in [3.63, 3.8) is 0 Å². The minimum atomic E-state index is -0.355. The molecule has 122 valence electrons. The first-order valence-corrected chi connectivity index (χ1v) is 7.68. The number of para-hydroxylation sites is 1. The number of rotatable bonds is 4. The summed E-state index contributed by atoms with van der Waals surface area (Å²) in [5.74, 6) is -0.0319.